The van der Waals surface area contributed by atoms with E-state index in [1.165, 1.54) is 5.56 Å². The van der Waals surface area contributed by atoms with E-state index in [4.69, 9.17) is 15.5 Å². The maximum atomic E-state index is 13.8. The van der Waals surface area contributed by atoms with Crippen molar-refractivity contribution in [2.45, 2.75) is 103 Å². The first-order valence-corrected chi connectivity index (χ1v) is 18.3. The number of rotatable bonds is 14. The zero-order valence-electron chi connectivity index (χ0n) is 30.8. The SMILES string of the molecule is CC(C)(C)OC(=O)[C@@H](CCCCN)NC(=O)C(C)(C)c1cnc([C@@H](Cc2c[nH]c3ccccc23)NC(=O)N2CCC(Cc3ccccc3)CC2)[nH]1. The van der Waals surface area contributed by atoms with Crippen molar-refractivity contribution >= 4 is 28.8 Å². The van der Waals surface area contributed by atoms with Gasteiger partial charge in [-0.05, 0) is 103 Å². The van der Waals surface area contributed by atoms with Crippen LogP contribution in [0.5, 0.6) is 0 Å². The minimum atomic E-state index is -1.07. The lowest BCUT2D eigenvalue weighted by atomic mass is 9.88. The lowest BCUT2D eigenvalue weighted by Crippen LogP contribution is -2.50. The van der Waals surface area contributed by atoms with Gasteiger partial charge in [-0.15, -0.1) is 0 Å². The monoisotopic (exact) mass is 697 g/mol. The minimum absolute atomic E-state index is 0.134. The molecule has 0 bridgehead atoms. The molecule has 0 saturated carbocycles. The number of nitrogens with zero attached hydrogens (tertiary/aromatic N) is 2. The molecule has 4 aromatic rings. The van der Waals surface area contributed by atoms with E-state index in [1.807, 2.05) is 35.4 Å². The van der Waals surface area contributed by atoms with Crippen molar-refractivity contribution in [1.82, 2.24) is 30.5 Å². The standard InChI is InChI=1S/C40H55N7O4/c1-39(2,3)51-36(48)32(17-11-12-20-41)44-37(49)40(4,5)34-26-43-35(46-34)33(24-29-25-42-31-16-10-9-15-30(29)31)45-38(50)47-21-18-28(19-22-47)23-27-13-7-6-8-14-27/h6-10,13-16,25-26,28,32-33,42H,11-12,17-24,41H2,1-5H3,(H,43,46)(H,44,49)(H,45,50)/t32-,33-/m1/s1. The number of aromatic amines is 2. The Morgan fingerprint density at radius 2 is 1.69 bits per heavy atom. The molecule has 0 aliphatic carbocycles. The van der Waals surface area contributed by atoms with E-state index in [0.717, 1.165) is 42.1 Å². The summed E-state index contributed by atoms with van der Waals surface area (Å²) >= 11 is 0. The Hall–Kier alpha value is -4.64. The van der Waals surface area contributed by atoms with E-state index in [0.29, 0.717) is 56.3 Å². The van der Waals surface area contributed by atoms with Gasteiger partial charge in [-0.25, -0.2) is 14.6 Å². The molecule has 11 nitrogen and oxygen atoms in total. The van der Waals surface area contributed by atoms with Crippen LogP contribution in [-0.2, 0) is 32.6 Å². The number of urea groups is 1. The van der Waals surface area contributed by atoms with Gasteiger partial charge >= 0.3 is 12.0 Å². The van der Waals surface area contributed by atoms with Crippen LogP contribution in [0.25, 0.3) is 10.9 Å². The molecule has 0 unspecified atom stereocenters. The van der Waals surface area contributed by atoms with Crippen LogP contribution in [0.15, 0.2) is 67.0 Å². The Kier molecular flexibility index (Phi) is 12.2. The highest BCUT2D eigenvalue weighted by Gasteiger charge is 2.37. The normalized spacial score (nSPS) is 15.4. The first-order chi connectivity index (χ1) is 24.3. The summed E-state index contributed by atoms with van der Waals surface area (Å²) in [4.78, 5) is 54.0. The number of hydrogen-bond donors (Lipinski definition) is 5. The molecule has 51 heavy (non-hydrogen) atoms. The second-order valence-corrected chi connectivity index (χ2v) is 15.3. The van der Waals surface area contributed by atoms with E-state index in [2.05, 4.69) is 50.9 Å². The third-order valence-corrected chi connectivity index (χ3v) is 9.78. The van der Waals surface area contributed by atoms with Gasteiger partial charge in [0, 0.05) is 48.5 Å². The largest absolute Gasteiger partial charge is 0.458 e. The predicted molar refractivity (Wildman–Crippen MR) is 200 cm³/mol. The van der Waals surface area contributed by atoms with Crippen LogP contribution < -0.4 is 16.4 Å². The fraction of sp³-hybridized carbons (Fsp3) is 0.500. The van der Waals surface area contributed by atoms with Crippen molar-refractivity contribution in [3.05, 3.63) is 89.6 Å². The van der Waals surface area contributed by atoms with Gasteiger partial charge in [0.2, 0.25) is 5.91 Å². The molecular formula is C40H55N7O4. The summed E-state index contributed by atoms with van der Waals surface area (Å²) in [6.07, 6.45) is 8.85. The molecular weight excluding hydrogens is 642 g/mol. The maximum absolute atomic E-state index is 13.8. The Labute approximate surface area is 301 Å². The van der Waals surface area contributed by atoms with Crippen LogP contribution >= 0.6 is 0 Å². The Morgan fingerprint density at radius 3 is 2.39 bits per heavy atom. The van der Waals surface area contributed by atoms with Crippen LogP contribution in [-0.4, -0.2) is 69.0 Å². The Balaban J connectivity index is 1.32. The van der Waals surface area contributed by atoms with Crippen molar-refractivity contribution in [3.63, 3.8) is 0 Å². The Morgan fingerprint density at radius 1 is 0.980 bits per heavy atom. The van der Waals surface area contributed by atoms with Gasteiger partial charge in [-0.2, -0.15) is 0 Å². The van der Waals surface area contributed by atoms with Crippen LogP contribution in [0, 0.1) is 5.92 Å². The highest BCUT2D eigenvalue weighted by atomic mass is 16.6. The number of amides is 3. The number of carbonyl (C=O) groups excluding carboxylic acids is 3. The smallest absolute Gasteiger partial charge is 0.329 e. The van der Waals surface area contributed by atoms with Crippen molar-refractivity contribution in [1.29, 1.82) is 0 Å². The molecule has 2 aromatic heterocycles. The molecule has 1 saturated heterocycles. The highest BCUT2D eigenvalue weighted by molar-refractivity contribution is 5.91. The number of H-pyrrole nitrogens is 2. The lowest BCUT2D eigenvalue weighted by Gasteiger charge is -2.33. The van der Waals surface area contributed by atoms with Crippen LogP contribution in [0.1, 0.15) is 95.4 Å². The summed E-state index contributed by atoms with van der Waals surface area (Å²) in [5.41, 5.74) is 7.89. The number of piperidine rings is 1. The number of nitrogens with two attached hydrogens (primary N) is 1. The minimum Gasteiger partial charge on any atom is -0.458 e. The van der Waals surface area contributed by atoms with E-state index < -0.39 is 29.1 Å². The summed E-state index contributed by atoms with van der Waals surface area (Å²) in [6.45, 7) is 10.9. The molecule has 1 fully saturated rings. The molecule has 6 N–H and O–H groups in total. The summed E-state index contributed by atoms with van der Waals surface area (Å²) < 4.78 is 5.63. The summed E-state index contributed by atoms with van der Waals surface area (Å²) in [6, 6.07) is 17.2. The molecule has 274 valence electrons. The zero-order chi connectivity index (χ0) is 36.6. The van der Waals surface area contributed by atoms with Gasteiger partial charge in [0.25, 0.3) is 0 Å². The van der Waals surface area contributed by atoms with E-state index in [1.54, 1.807) is 40.8 Å². The fourth-order valence-corrected chi connectivity index (χ4v) is 6.67. The zero-order valence-corrected chi connectivity index (χ0v) is 30.8. The van der Waals surface area contributed by atoms with Crippen LogP contribution in [0.2, 0.25) is 0 Å². The van der Waals surface area contributed by atoms with Crippen molar-refractivity contribution in [3.8, 4) is 0 Å². The van der Waals surface area contributed by atoms with Gasteiger partial charge < -0.3 is 36.0 Å². The van der Waals surface area contributed by atoms with Crippen LogP contribution in [0.4, 0.5) is 4.79 Å². The number of unbranched alkanes of at least 4 members (excludes halogenated alkanes) is 1. The quantitative estimate of drug-likeness (QED) is 0.0795. The third kappa shape index (κ3) is 10.00. The second kappa shape index (κ2) is 16.6. The number of esters is 1. The molecule has 3 heterocycles. The number of imidazole rings is 1. The average molecular weight is 698 g/mol. The number of aromatic nitrogens is 3. The van der Waals surface area contributed by atoms with E-state index in [-0.39, 0.29) is 11.9 Å². The topological polar surface area (TPSA) is 158 Å². The number of benzene rings is 2. The average Bonchev–Trinajstić information content (AvgIpc) is 3.76. The van der Waals surface area contributed by atoms with Crippen molar-refractivity contribution < 1.29 is 19.1 Å². The number of ether oxygens (including phenoxy) is 1. The molecule has 11 heteroatoms. The summed E-state index contributed by atoms with van der Waals surface area (Å²) in [5.74, 6) is 0.279. The van der Waals surface area contributed by atoms with Gasteiger partial charge in [-0.3, -0.25) is 4.79 Å². The first kappa shape index (κ1) is 37.6. The number of hydrogen-bond acceptors (Lipinski definition) is 6. The van der Waals surface area contributed by atoms with Gasteiger partial charge in [0.1, 0.15) is 17.5 Å². The number of carbonyl (C=O) groups is 3. The highest BCUT2D eigenvalue weighted by Crippen LogP contribution is 2.28. The first-order valence-electron chi connectivity index (χ1n) is 18.3. The maximum Gasteiger partial charge on any atom is 0.329 e. The molecule has 0 radical (unpaired) electrons. The Bertz CT molecular complexity index is 1750. The van der Waals surface area contributed by atoms with Gasteiger partial charge in [0.05, 0.1) is 11.5 Å². The van der Waals surface area contributed by atoms with Crippen LogP contribution in [0.3, 0.4) is 0 Å². The second-order valence-electron chi connectivity index (χ2n) is 15.3. The van der Waals surface area contributed by atoms with E-state index >= 15 is 0 Å². The fourth-order valence-electron chi connectivity index (χ4n) is 6.67. The summed E-state index contributed by atoms with van der Waals surface area (Å²) in [7, 11) is 0. The molecule has 5 rings (SSSR count). The number of nitrogens with one attached hydrogen (secondary N) is 4. The van der Waals surface area contributed by atoms with Crippen molar-refractivity contribution in [2.24, 2.45) is 11.7 Å². The summed E-state index contributed by atoms with van der Waals surface area (Å²) in [5, 5.41) is 7.29. The lowest BCUT2D eigenvalue weighted by molar-refractivity contribution is -0.159. The third-order valence-electron chi connectivity index (χ3n) is 9.78. The molecule has 1 aliphatic rings. The number of fused-ring (bicyclic) bond motifs is 1. The van der Waals surface area contributed by atoms with E-state index in [9.17, 15) is 14.4 Å². The molecule has 3 amide bonds. The number of para-hydroxylation sites is 1. The molecule has 2 aromatic carbocycles. The van der Waals surface area contributed by atoms with Gasteiger partial charge in [-0.1, -0.05) is 48.5 Å². The predicted octanol–water partition coefficient (Wildman–Crippen LogP) is 6.07. The molecule has 0 spiro atoms. The number of likely N-dealkylation sites (tertiary alicyclic amines) is 1. The molecule has 1 aliphatic heterocycles. The van der Waals surface area contributed by atoms with Crippen molar-refractivity contribution in [2.75, 3.05) is 19.6 Å². The molecule has 2 atom stereocenters. The van der Waals surface area contributed by atoms with Gasteiger partial charge in [0.15, 0.2) is 0 Å².